The highest BCUT2D eigenvalue weighted by Crippen LogP contribution is 2.49. The Bertz CT molecular complexity index is 1220. The van der Waals surface area contributed by atoms with Gasteiger partial charge in [-0.3, -0.25) is 0 Å². The molecule has 2 aromatic heterocycles. The van der Waals surface area contributed by atoms with Crippen LogP contribution in [0.25, 0.3) is 11.1 Å². The summed E-state index contributed by atoms with van der Waals surface area (Å²) < 4.78 is 28.2. The fourth-order valence-corrected chi connectivity index (χ4v) is 4.97. The number of aromatic nitrogens is 2. The highest BCUT2D eigenvalue weighted by Gasteiger charge is 2.49. The number of halogens is 1. The number of hydrogen-bond donors (Lipinski definition) is 1. The first kappa shape index (κ1) is 23.8. The van der Waals surface area contributed by atoms with Crippen molar-refractivity contribution in [3.63, 3.8) is 0 Å². The van der Waals surface area contributed by atoms with Crippen LogP contribution in [0.15, 0.2) is 53.2 Å². The zero-order valence-electron chi connectivity index (χ0n) is 19.9. The number of rotatable bonds is 7. The molecule has 10 heteroatoms. The highest BCUT2D eigenvalue weighted by molar-refractivity contribution is 5.87. The van der Waals surface area contributed by atoms with E-state index in [-0.39, 0.29) is 41.9 Å². The molecule has 1 amide bonds. The normalized spacial score (nSPS) is 20.7. The molecule has 0 bridgehead atoms. The number of esters is 1. The predicted octanol–water partition coefficient (Wildman–Crippen LogP) is 4.34. The summed E-state index contributed by atoms with van der Waals surface area (Å²) in [6, 6.07) is 11.8. The Balaban J connectivity index is 1.07. The Hall–Kier alpha value is -3.95. The number of carbonyl (C=O) groups is 2. The second kappa shape index (κ2) is 9.96. The third kappa shape index (κ3) is 5.17. The van der Waals surface area contributed by atoms with Gasteiger partial charge >= 0.3 is 12.1 Å². The molecule has 3 heterocycles. The lowest BCUT2D eigenvalue weighted by molar-refractivity contribution is 0.0513. The van der Waals surface area contributed by atoms with Gasteiger partial charge in [-0.1, -0.05) is 17.3 Å². The van der Waals surface area contributed by atoms with Gasteiger partial charge in [0, 0.05) is 37.0 Å². The molecule has 0 radical (unpaired) electrons. The quantitative estimate of drug-likeness (QED) is 0.484. The Labute approximate surface area is 207 Å². The molecule has 3 aromatic rings. The molecule has 0 atom stereocenters. The Kier molecular flexibility index (Phi) is 6.58. The van der Waals surface area contributed by atoms with Crippen molar-refractivity contribution >= 4 is 17.9 Å². The van der Waals surface area contributed by atoms with Gasteiger partial charge in [0.25, 0.3) is 0 Å². The van der Waals surface area contributed by atoms with E-state index in [1.165, 1.54) is 18.2 Å². The second-order valence-corrected chi connectivity index (χ2v) is 9.31. The molecule has 1 N–H and O–H groups in total. The van der Waals surface area contributed by atoms with Gasteiger partial charge < -0.3 is 24.2 Å². The van der Waals surface area contributed by atoms with Crippen LogP contribution >= 0.6 is 0 Å². The third-order valence-electron chi connectivity index (χ3n) is 6.76. The van der Waals surface area contributed by atoms with E-state index in [2.05, 4.69) is 20.4 Å². The van der Waals surface area contributed by atoms with Crippen LogP contribution in [0.1, 0.15) is 42.4 Å². The van der Waals surface area contributed by atoms with Gasteiger partial charge in [0.05, 0.1) is 6.61 Å². The molecule has 9 nitrogen and oxygen atoms in total. The summed E-state index contributed by atoms with van der Waals surface area (Å²) in [6.07, 6.45) is 4.08. The molecule has 1 aliphatic carbocycles. The largest absolute Gasteiger partial charge is 0.461 e. The number of anilines is 1. The highest BCUT2D eigenvalue weighted by atomic mass is 19.1. The van der Waals surface area contributed by atoms with Crippen molar-refractivity contribution in [1.29, 1.82) is 0 Å². The fourth-order valence-electron chi connectivity index (χ4n) is 4.97. The first-order valence-electron chi connectivity index (χ1n) is 12.0. The minimum Gasteiger partial charge on any atom is -0.461 e. The summed E-state index contributed by atoms with van der Waals surface area (Å²) >= 11 is 0. The summed E-state index contributed by atoms with van der Waals surface area (Å²) in [7, 11) is 0. The Morgan fingerprint density at radius 1 is 1.17 bits per heavy atom. The van der Waals surface area contributed by atoms with E-state index < -0.39 is 12.1 Å². The van der Waals surface area contributed by atoms with E-state index in [0.29, 0.717) is 0 Å². The van der Waals surface area contributed by atoms with Crippen LogP contribution in [0.2, 0.25) is 0 Å². The summed E-state index contributed by atoms with van der Waals surface area (Å²) in [5, 5.41) is 6.52. The van der Waals surface area contributed by atoms with Gasteiger partial charge in [-0.2, -0.15) is 0 Å². The number of hydrogen-bond acceptors (Lipinski definition) is 8. The summed E-state index contributed by atoms with van der Waals surface area (Å²) in [6.45, 7) is 3.61. The molecule has 1 spiro atoms. The number of benzene rings is 1. The fraction of sp³-hybridized carbons (Fsp3) is 0.385. The molecular formula is C26H27FN4O5. The number of ether oxygens (including phenoxy) is 2. The summed E-state index contributed by atoms with van der Waals surface area (Å²) in [4.78, 5) is 30.7. The Morgan fingerprint density at radius 3 is 2.67 bits per heavy atom. The third-order valence-corrected chi connectivity index (χ3v) is 6.76. The maximum Gasteiger partial charge on any atom is 0.407 e. The van der Waals surface area contributed by atoms with Crippen molar-refractivity contribution < 1.29 is 28.0 Å². The van der Waals surface area contributed by atoms with E-state index in [1.54, 1.807) is 19.1 Å². The number of amides is 1. The molecule has 36 heavy (non-hydrogen) atoms. The van der Waals surface area contributed by atoms with E-state index in [9.17, 15) is 14.0 Å². The van der Waals surface area contributed by atoms with Crippen LogP contribution in [0.4, 0.5) is 15.0 Å². The molecule has 1 aliphatic heterocycles. The maximum absolute atomic E-state index is 13.2. The zero-order valence-corrected chi connectivity index (χ0v) is 19.9. The van der Waals surface area contributed by atoms with E-state index >= 15 is 0 Å². The molecule has 2 aliphatic rings. The van der Waals surface area contributed by atoms with Gasteiger partial charge in [0.2, 0.25) is 0 Å². The second-order valence-electron chi connectivity index (χ2n) is 9.31. The van der Waals surface area contributed by atoms with Crippen molar-refractivity contribution in [1.82, 2.24) is 15.5 Å². The van der Waals surface area contributed by atoms with Crippen LogP contribution in [-0.4, -0.2) is 47.9 Å². The average Bonchev–Trinajstić information content (AvgIpc) is 3.52. The number of nitrogens with zero attached hydrogens (tertiary/aromatic N) is 3. The van der Waals surface area contributed by atoms with Gasteiger partial charge in [-0.15, -0.1) is 0 Å². The smallest absolute Gasteiger partial charge is 0.407 e. The molecule has 188 valence electrons. The van der Waals surface area contributed by atoms with Crippen LogP contribution in [0, 0.1) is 11.2 Å². The molecule has 2 fully saturated rings. The lowest BCUT2D eigenvalue weighted by Gasteiger charge is -2.45. The van der Waals surface area contributed by atoms with Crippen LogP contribution in [0.5, 0.6) is 0 Å². The van der Waals surface area contributed by atoms with Crippen LogP contribution < -0.4 is 10.2 Å². The van der Waals surface area contributed by atoms with Crippen LogP contribution in [0.3, 0.4) is 0 Å². The minimum atomic E-state index is -0.582. The van der Waals surface area contributed by atoms with Gasteiger partial charge in [0.1, 0.15) is 11.6 Å². The van der Waals surface area contributed by atoms with Gasteiger partial charge in [-0.25, -0.2) is 19.0 Å². The van der Waals surface area contributed by atoms with E-state index in [0.717, 1.165) is 49.3 Å². The monoisotopic (exact) mass is 494 g/mol. The van der Waals surface area contributed by atoms with Crippen molar-refractivity contribution in [2.45, 2.75) is 38.8 Å². The summed E-state index contributed by atoms with van der Waals surface area (Å²) in [5.74, 6) is 0.346. The zero-order chi connectivity index (χ0) is 25.1. The lowest BCUT2D eigenvalue weighted by atomic mass is 9.65. The molecule has 1 saturated heterocycles. The molecule has 1 saturated carbocycles. The van der Waals surface area contributed by atoms with Crippen molar-refractivity contribution in [2.75, 3.05) is 24.6 Å². The SMILES string of the molecule is CCOC(=O)c1cc(COC(=O)NC2CC3(CCN(c4ccc(-c5ccc(F)cc5)cn4)C3)C2)on1. The topological polar surface area (TPSA) is 107 Å². The van der Waals surface area contributed by atoms with E-state index in [1.807, 2.05) is 18.3 Å². The average molecular weight is 495 g/mol. The summed E-state index contributed by atoms with van der Waals surface area (Å²) in [5.41, 5.74) is 2.08. The number of carbonyl (C=O) groups excluding carboxylic acids is 2. The standard InChI is InChI=1S/C26H27FN4O5/c1-2-34-24(32)22-11-21(36-30-22)15-35-25(33)29-20-12-26(13-20)9-10-31(16-26)23-8-5-18(14-28-23)17-3-6-19(27)7-4-17/h3-8,11,14,20H,2,9-10,12-13,15-16H2,1H3,(H,29,33). The van der Waals surface area contributed by atoms with Crippen LogP contribution in [-0.2, 0) is 16.1 Å². The number of nitrogens with one attached hydrogen (secondary N) is 1. The Morgan fingerprint density at radius 2 is 1.94 bits per heavy atom. The first-order valence-corrected chi connectivity index (χ1v) is 12.0. The van der Waals surface area contributed by atoms with E-state index in [4.69, 9.17) is 14.0 Å². The number of pyridine rings is 1. The van der Waals surface area contributed by atoms with Gasteiger partial charge in [0.15, 0.2) is 18.1 Å². The molecular weight excluding hydrogens is 467 g/mol. The molecule has 5 rings (SSSR count). The van der Waals surface area contributed by atoms with Crippen molar-refractivity contribution in [2.24, 2.45) is 5.41 Å². The van der Waals surface area contributed by atoms with Gasteiger partial charge in [-0.05, 0) is 61.4 Å². The molecule has 0 unspecified atom stereocenters. The van der Waals surface area contributed by atoms with Crippen molar-refractivity contribution in [3.05, 3.63) is 65.9 Å². The predicted molar refractivity (Wildman–Crippen MR) is 128 cm³/mol. The minimum absolute atomic E-state index is 0.0437. The maximum atomic E-state index is 13.2. The number of alkyl carbamates (subject to hydrolysis) is 1. The lowest BCUT2D eigenvalue weighted by Crippen LogP contribution is -2.52. The first-order chi connectivity index (χ1) is 17.4. The molecule has 1 aromatic carbocycles. The van der Waals surface area contributed by atoms with Crippen molar-refractivity contribution in [3.8, 4) is 11.1 Å².